The molecule has 0 amide bonds. The molecule has 1 fully saturated rings. The molecule has 4 heteroatoms. The van der Waals surface area contributed by atoms with Crippen molar-refractivity contribution in [3.63, 3.8) is 0 Å². The summed E-state index contributed by atoms with van der Waals surface area (Å²) in [7, 11) is 1.62. The quantitative estimate of drug-likeness (QED) is 0.864. The van der Waals surface area contributed by atoms with Gasteiger partial charge in [-0.05, 0) is 57.3 Å². The van der Waals surface area contributed by atoms with Gasteiger partial charge >= 0.3 is 0 Å². The minimum Gasteiger partial charge on any atom is -0.496 e. The summed E-state index contributed by atoms with van der Waals surface area (Å²) < 4.78 is 5.53. The molecule has 2 rings (SSSR count). The number of hydrogen-bond acceptors (Lipinski definition) is 3. The van der Waals surface area contributed by atoms with Crippen LogP contribution in [0.2, 0.25) is 5.02 Å². The van der Waals surface area contributed by atoms with Crippen molar-refractivity contribution in [1.82, 2.24) is 5.32 Å². The molecule has 0 spiro atoms. The van der Waals surface area contributed by atoms with Crippen molar-refractivity contribution in [3.05, 3.63) is 27.8 Å². The third-order valence-corrected chi connectivity index (χ3v) is 4.25. The fourth-order valence-corrected chi connectivity index (χ4v) is 3.04. The van der Waals surface area contributed by atoms with E-state index in [-0.39, 0.29) is 5.78 Å². The fourth-order valence-electron chi connectivity index (χ4n) is 2.83. The van der Waals surface area contributed by atoms with Gasteiger partial charge in [-0.3, -0.25) is 4.79 Å². The summed E-state index contributed by atoms with van der Waals surface area (Å²) in [6, 6.07) is 1.72. The molecule has 0 saturated carbocycles. The van der Waals surface area contributed by atoms with Crippen molar-refractivity contribution < 1.29 is 9.53 Å². The molecule has 1 aromatic rings. The van der Waals surface area contributed by atoms with E-state index in [1.807, 2.05) is 6.92 Å². The third kappa shape index (κ3) is 2.77. The van der Waals surface area contributed by atoms with Crippen LogP contribution < -0.4 is 10.1 Å². The first-order chi connectivity index (χ1) is 9.06. The van der Waals surface area contributed by atoms with Gasteiger partial charge in [0.25, 0.3) is 0 Å². The zero-order valence-corrected chi connectivity index (χ0v) is 12.4. The maximum absolute atomic E-state index is 11.8. The maximum atomic E-state index is 11.8. The van der Waals surface area contributed by atoms with Crippen molar-refractivity contribution in [2.24, 2.45) is 0 Å². The number of methoxy groups -OCH3 is 1. The second kappa shape index (κ2) is 5.93. The number of rotatable bonds is 3. The summed E-state index contributed by atoms with van der Waals surface area (Å²) in [5.74, 6) is 1.11. The Kier molecular flexibility index (Phi) is 4.48. The molecule has 0 aliphatic carbocycles. The van der Waals surface area contributed by atoms with Crippen molar-refractivity contribution in [2.45, 2.75) is 32.6 Å². The molecule has 0 aromatic heterocycles. The van der Waals surface area contributed by atoms with Gasteiger partial charge in [0.1, 0.15) is 5.75 Å². The topological polar surface area (TPSA) is 38.3 Å². The van der Waals surface area contributed by atoms with E-state index in [1.54, 1.807) is 20.1 Å². The van der Waals surface area contributed by atoms with Gasteiger partial charge < -0.3 is 10.1 Å². The number of Topliss-reactive ketones (excluding diaryl/α,β-unsaturated/α-hetero) is 1. The Labute approximate surface area is 119 Å². The predicted octanol–water partition coefficient (Wildman–Crippen LogP) is 3.33. The van der Waals surface area contributed by atoms with Gasteiger partial charge in [-0.15, -0.1) is 0 Å². The van der Waals surface area contributed by atoms with E-state index >= 15 is 0 Å². The molecule has 19 heavy (non-hydrogen) atoms. The predicted molar refractivity (Wildman–Crippen MR) is 77.6 cm³/mol. The number of halogens is 1. The highest BCUT2D eigenvalue weighted by atomic mass is 35.5. The zero-order valence-electron chi connectivity index (χ0n) is 11.7. The number of hydrogen-bond donors (Lipinski definition) is 1. The molecule has 1 saturated heterocycles. The van der Waals surface area contributed by atoms with E-state index < -0.39 is 0 Å². The van der Waals surface area contributed by atoms with Crippen LogP contribution in [0, 0.1) is 6.92 Å². The monoisotopic (exact) mass is 281 g/mol. The lowest BCUT2D eigenvalue weighted by molar-refractivity contribution is 0.101. The number of ether oxygens (including phenoxy) is 1. The Balaban J connectivity index is 2.58. The van der Waals surface area contributed by atoms with Crippen LogP contribution in [0.5, 0.6) is 5.75 Å². The van der Waals surface area contributed by atoms with Crippen LogP contribution >= 0.6 is 11.6 Å². The minimum atomic E-state index is -0.00562. The van der Waals surface area contributed by atoms with E-state index in [2.05, 4.69) is 5.32 Å². The number of benzene rings is 1. The molecular weight excluding hydrogens is 262 g/mol. The first kappa shape index (κ1) is 14.4. The lowest BCUT2D eigenvalue weighted by Crippen LogP contribution is -2.27. The Morgan fingerprint density at radius 2 is 2.05 bits per heavy atom. The lowest BCUT2D eigenvalue weighted by atomic mass is 9.85. The highest BCUT2D eigenvalue weighted by molar-refractivity contribution is 6.32. The van der Waals surface area contributed by atoms with Gasteiger partial charge in [0.05, 0.1) is 12.7 Å². The second-order valence-electron chi connectivity index (χ2n) is 5.06. The third-order valence-electron chi connectivity index (χ3n) is 3.85. The molecule has 0 atom stereocenters. The molecule has 1 heterocycles. The van der Waals surface area contributed by atoms with Gasteiger partial charge in [0.15, 0.2) is 5.78 Å². The normalized spacial score (nSPS) is 16.4. The summed E-state index contributed by atoms with van der Waals surface area (Å²) in [6.45, 7) is 5.55. The highest BCUT2D eigenvalue weighted by Gasteiger charge is 2.25. The SMILES string of the molecule is COc1c(C(C)=O)cc(Cl)c(C)c1C1CCNCC1. The number of piperidine rings is 1. The Bertz CT molecular complexity index is 493. The number of ketones is 1. The maximum Gasteiger partial charge on any atom is 0.163 e. The molecule has 1 aliphatic rings. The smallest absolute Gasteiger partial charge is 0.163 e. The summed E-state index contributed by atoms with van der Waals surface area (Å²) in [5.41, 5.74) is 2.74. The average molecular weight is 282 g/mol. The van der Waals surface area contributed by atoms with Crippen LogP contribution in [0.1, 0.15) is 47.2 Å². The lowest BCUT2D eigenvalue weighted by Gasteiger charge is -2.27. The molecule has 1 aromatic carbocycles. The van der Waals surface area contributed by atoms with E-state index in [0.717, 1.165) is 37.1 Å². The van der Waals surface area contributed by atoms with Gasteiger partial charge in [0.2, 0.25) is 0 Å². The van der Waals surface area contributed by atoms with Crippen molar-refractivity contribution >= 4 is 17.4 Å². The van der Waals surface area contributed by atoms with Crippen LogP contribution in [0.3, 0.4) is 0 Å². The van der Waals surface area contributed by atoms with Gasteiger partial charge in [-0.25, -0.2) is 0 Å². The van der Waals surface area contributed by atoms with Crippen LogP contribution in [0.25, 0.3) is 0 Å². The summed E-state index contributed by atoms with van der Waals surface area (Å²) in [5, 5.41) is 4.01. The fraction of sp³-hybridized carbons (Fsp3) is 0.533. The molecule has 1 N–H and O–H groups in total. The molecule has 0 radical (unpaired) electrons. The van der Waals surface area contributed by atoms with Crippen molar-refractivity contribution in [2.75, 3.05) is 20.2 Å². The minimum absolute atomic E-state index is 0.00562. The first-order valence-corrected chi connectivity index (χ1v) is 7.02. The van der Waals surface area contributed by atoms with Gasteiger partial charge in [0, 0.05) is 10.6 Å². The first-order valence-electron chi connectivity index (χ1n) is 6.65. The van der Waals surface area contributed by atoms with E-state index in [9.17, 15) is 4.79 Å². The summed E-state index contributed by atoms with van der Waals surface area (Å²) in [4.78, 5) is 11.8. The van der Waals surface area contributed by atoms with Crippen LogP contribution in [0.4, 0.5) is 0 Å². The van der Waals surface area contributed by atoms with Gasteiger partial charge in [-0.1, -0.05) is 11.6 Å². The Hall–Kier alpha value is -1.06. The van der Waals surface area contributed by atoms with Crippen molar-refractivity contribution in [3.8, 4) is 5.75 Å². The molecule has 3 nitrogen and oxygen atoms in total. The van der Waals surface area contributed by atoms with Crippen LogP contribution in [-0.2, 0) is 0 Å². The van der Waals surface area contributed by atoms with Crippen LogP contribution in [0.15, 0.2) is 6.07 Å². The average Bonchev–Trinajstić information content (AvgIpc) is 2.41. The number of carbonyl (C=O) groups is 1. The standard InChI is InChI=1S/C15H20ClNO2/c1-9-13(16)8-12(10(2)18)15(19-3)14(9)11-4-6-17-7-5-11/h8,11,17H,4-7H2,1-3H3. The van der Waals surface area contributed by atoms with E-state index in [1.165, 1.54) is 0 Å². The Morgan fingerprint density at radius 3 is 2.58 bits per heavy atom. The highest BCUT2D eigenvalue weighted by Crippen LogP contribution is 2.40. The second-order valence-corrected chi connectivity index (χ2v) is 5.47. The summed E-state index contributed by atoms with van der Waals surface area (Å²) >= 11 is 6.29. The number of nitrogens with one attached hydrogen (secondary N) is 1. The number of carbonyl (C=O) groups excluding carboxylic acids is 1. The summed E-state index contributed by atoms with van der Waals surface area (Å²) in [6.07, 6.45) is 2.10. The molecular formula is C15H20ClNO2. The Morgan fingerprint density at radius 1 is 1.42 bits per heavy atom. The molecule has 104 valence electrons. The largest absolute Gasteiger partial charge is 0.496 e. The van der Waals surface area contributed by atoms with Crippen molar-refractivity contribution in [1.29, 1.82) is 0 Å². The zero-order chi connectivity index (χ0) is 14.0. The van der Waals surface area contributed by atoms with E-state index in [0.29, 0.717) is 22.3 Å². The molecule has 1 aliphatic heterocycles. The molecule has 0 bridgehead atoms. The van der Waals surface area contributed by atoms with E-state index in [4.69, 9.17) is 16.3 Å². The molecule has 0 unspecified atom stereocenters. The van der Waals surface area contributed by atoms with Gasteiger partial charge in [-0.2, -0.15) is 0 Å². The van der Waals surface area contributed by atoms with Crippen LogP contribution in [-0.4, -0.2) is 26.0 Å².